The Kier molecular flexibility index (Phi) is 10.0. The van der Waals surface area contributed by atoms with Crippen LogP contribution in [0.4, 0.5) is 11.4 Å². The SMILES string of the molecule is CCc1ccc(OC)cc1OCCOc1cc(-c2c3ccc(=[N+](C)C)cc-3oc3cc(N(C)C)ccc23)ccc1NCC(=O)OC. The summed E-state index contributed by atoms with van der Waals surface area (Å²) in [6, 6.07) is 24.3. The van der Waals surface area contributed by atoms with Gasteiger partial charge in [-0.2, -0.15) is 0 Å². The topological polar surface area (TPSA) is 85.4 Å². The smallest absolute Gasteiger partial charge is 0.325 e. The van der Waals surface area contributed by atoms with E-state index in [1.54, 1.807) is 7.11 Å². The van der Waals surface area contributed by atoms with E-state index >= 15 is 0 Å². The molecule has 9 heteroatoms. The number of methoxy groups -OCH3 is 2. The van der Waals surface area contributed by atoms with Gasteiger partial charge in [0.05, 0.1) is 26.0 Å². The van der Waals surface area contributed by atoms with Gasteiger partial charge in [-0.05, 0) is 53.9 Å². The van der Waals surface area contributed by atoms with Crippen molar-refractivity contribution in [3.8, 4) is 39.7 Å². The van der Waals surface area contributed by atoms with Gasteiger partial charge in [0.15, 0.2) is 0 Å². The van der Waals surface area contributed by atoms with E-state index < -0.39 is 0 Å². The second kappa shape index (κ2) is 14.3. The Bertz CT molecular complexity index is 1890. The number of hydrogen-bond donors (Lipinski definition) is 1. The van der Waals surface area contributed by atoms with E-state index in [0.717, 1.165) is 67.9 Å². The van der Waals surface area contributed by atoms with Crippen LogP contribution in [0.3, 0.4) is 0 Å². The fourth-order valence-corrected chi connectivity index (χ4v) is 5.31. The molecule has 0 amide bonds. The average molecular weight is 625 g/mol. The van der Waals surface area contributed by atoms with Crippen molar-refractivity contribution in [1.29, 1.82) is 0 Å². The van der Waals surface area contributed by atoms with Gasteiger partial charge in [0, 0.05) is 54.5 Å². The lowest BCUT2D eigenvalue weighted by atomic mass is 9.93. The summed E-state index contributed by atoms with van der Waals surface area (Å²) in [5, 5.41) is 5.18. The monoisotopic (exact) mass is 624 g/mol. The lowest BCUT2D eigenvalue weighted by Gasteiger charge is -2.19. The van der Waals surface area contributed by atoms with Crippen molar-refractivity contribution in [3.05, 3.63) is 83.7 Å². The minimum absolute atomic E-state index is 0.00306. The van der Waals surface area contributed by atoms with Gasteiger partial charge in [-0.3, -0.25) is 4.79 Å². The van der Waals surface area contributed by atoms with Crippen molar-refractivity contribution in [2.24, 2.45) is 0 Å². The third kappa shape index (κ3) is 7.04. The Morgan fingerprint density at radius 2 is 1.67 bits per heavy atom. The molecule has 9 nitrogen and oxygen atoms in total. The summed E-state index contributed by atoms with van der Waals surface area (Å²) in [4.78, 5) is 14.0. The van der Waals surface area contributed by atoms with Gasteiger partial charge < -0.3 is 33.6 Å². The number of hydrogen-bond acceptors (Lipinski definition) is 8. The van der Waals surface area contributed by atoms with Gasteiger partial charge in [-0.15, -0.1) is 0 Å². The first-order chi connectivity index (χ1) is 22.2. The molecule has 0 radical (unpaired) electrons. The van der Waals surface area contributed by atoms with Crippen LogP contribution in [0.5, 0.6) is 17.2 Å². The zero-order valence-electron chi connectivity index (χ0n) is 27.6. The molecule has 240 valence electrons. The molecule has 1 heterocycles. The fraction of sp³-hybridized carbons (Fsp3) is 0.297. The number of esters is 1. The van der Waals surface area contributed by atoms with E-state index in [1.165, 1.54) is 7.11 Å². The van der Waals surface area contributed by atoms with Crippen LogP contribution in [-0.4, -0.2) is 68.1 Å². The van der Waals surface area contributed by atoms with Gasteiger partial charge in [0.2, 0.25) is 5.36 Å². The maximum atomic E-state index is 12.0. The quantitative estimate of drug-likeness (QED) is 0.0793. The Morgan fingerprint density at radius 3 is 2.37 bits per heavy atom. The molecule has 0 fully saturated rings. The summed E-state index contributed by atoms with van der Waals surface area (Å²) < 4.78 is 31.3. The summed E-state index contributed by atoms with van der Waals surface area (Å²) in [5.74, 6) is 2.49. The normalized spacial score (nSPS) is 10.9. The van der Waals surface area contributed by atoms with E-state index in [4.69, 9.17) is 23.4 Å². The van der Waals surface area contributed by atoms with Gasteiger partial charge in [0.25, 0.3) is 0 Å². The second-order valence-electron chi connectivity index (χ2n) is 11.3. The van der Waals surface area contributed by atoms with Gasteiger partial charge in [-0.1, -0.05) is 19.1 Å². The maximum Gasteiger partial charge on any atom is 0.325 e. The van der Waals surface area contributed by atoms with Crippen LogP contribution < -0.4 is 34.4 Å². The van der Waals surface area contributed by atoms with E-state index in [9.17, 15) is 4.79 Å². The molecule has 0 saturated carbocycles. The molecule has 3 aromatic rings. The molecule has 1 aliphatic heterocycles. The second-order valence-corrected chi connectivity index (χ2v) is 11.3. The highest BCUT2D eigenvalue weighted by Crippen LogP contribution is 2.42. The van der Waals surface area contributed by atoms with Crippen LogP contribution in [-0.2, 0) is 16.0 Å². The first-order valence-corrected chi connectivity index (χ1v) is 15.3. The van der Waals surface area contributed by atoms with E-state index in [0.29, 0.717) is 18.0 Å². The van der Waals surface area contributed by atoms with Crippen molar-refractivity contribution in [3.63, 3.8) is 0 Å². The molecule has 0 bridgehead atoms. The Morgan fingerprint density at radius 1 is 0.891 bits per heavy atom. The number of benzene rings is 4. The number of rotatable bonds is 12. The van der Waals surface area contributed by atoms with E-state index in [2.05, 4.69) is 58.1 Å². The predicted octanol–water partition coefficient (Wildman–Crippen LogP) is 5.92. The number of nitrogens with zero attached hydrogens (tertiary/aromatic N) is 2. The first kappa shape index (κ1) is 32.2. The highest BCUT2D eigenvalue weighted by atomic mass is 16.5. The standard InChI is InChI=1S/C37H41N3O6/c1-8-24-9-13-28(42-6)22-32(24)44-17-18-45-35-19-25(10-16-31(35)38-23-36(41)43-7)37-29-14-11-26(39(2)3)20-33(29)46-34-21-27(40(4)5)12-15-30(34)37/h9-16,19-22H,8,17-18,23H2,1-7H3/p+1. The highest BCUT2D eigenvalue weighted by molar-refractivity contribution is 6.03. The summed E-state index contributed by atoms with van der Waals surface area (Å²) in [5.41, 5.74) is 6.52. The zero-order chi connectivity index (χ0) is 32.8. The summed E-state index contributed by atoms with van der Waals surface area (Å²) in [6.07, 6.45) is 0.834. The van der Waals surface area contributed by atoms with Crippen molar-refractivity contribution in [2.75, 3.05) is 72.4 Å². The fourth-order valence-electron chi connectivity index (χ4n) is 5.31. The lowest BCUT2D eigenvalue weighted by molar-refractivity contribution is -0.138. The van der Waals surface area contributed by atoms with Gasteiger partial charge >= 0.3 is 5.97 Å². The number of carbonyl (C=O) groups is 1. The average Bonchev–Trinajstić information content (AvgIpc) is 3.07. The number of nitrogens with one attached hydrogen (secondary N) is 1. The molecule has 0 unspecified atom stereocenters. The van der Waals surface area contributed by atoms with E-state index in [-0.39, 0.29) is 19.1 Å². The van der Waals surface area contributed by atoms with Crippen molar-refractivity contribution in [1.82, 2.24) is 4.58 Å². The number of ether oxygens (including phenoxy) is 4. The summed E-state index contributed by atoms with van der Waals surface area (Å²) >= 11 is 0. The molecule has 5 rings (SSSR count). The minimum atomic E-state index is -0.376. The zero-order valence-corrected chi connectivity index (χ0v) is 27.6. The number of fused-ring (bicyclic) bond motifs is 2. The summed E-state index contributed by atoms with van der Waals surface area (Å²) in [6.45, 7) is 2.68. The van der Waals surface area contributed by atoms with E-state index in [1.807, 2.05) is 64.6 Å². The van der Waals surface area contributed by atoms with Crippen LogP contribution in [0.15, 0.2) is 77.2 Å². The lowest BCUT2D eigenvalue weighted by Crippen LogP contribution is -2.21. The minimum Gasteiger partial charge on any atom is -0.497 e. The number of carbonyl (C=O) groups excluding carboxylic acids is 1. The van der Waals surface area contributed by atoms with Gasteiger partial charge in [-0.25, -0.2) is 4.58 Å². The molecule has 0 atom stereocenters. The molecule has 46 heavy (non-hydrogen) atoms. The molecule has 0 aromatic heterocycles. The predicted molar refractivity (Wildman–Crippen MR) is 184 cm³/mol. The Hall–Kier alpha value is -5.18. The molecule has 2 aliphatic rings. The van der Waals surface area contributed by atoms with Crippen molar-refractivity contribution >= 4 is 28.3 Å². The summed E-state index contributed by atoms with van der Waals surface area (Å²) in [7, 11) is 11.1. The molecular formula is C37H42N3O6+. The largest absolute Gasteiger partial charge is 0.497 e. The number of aryl methyl sites for hydroxylation is 1. The van der Waals surface area contributed by atoms with Crippen molar-refractivity contribution < 1.29 is 28.2 Å². The third-order valence-electron chi connectivity index (χ3n) is 7.90. The van der Waals surface area contributed by atoms with Crippen LogP contribution in [0.1, 0.15) is 12.5 Å². The van der Waals surface area contributed by atoms with Crippen LogP contribution >= 0.6 is 0 Å². The maximum absolute atomic E-state index is 12.0. The van der Waals surface area contributed by atoms with Gasteiger partial charge in [0.1, 0.15) is 62.4 Å². The molecule has 0 spiro atoms. The molecule has 0 saturated heterocycles. The Balaban J connectivity index is 1.55. The van der Waals surface area contributed by atoms with Crippen LogP contribution in [0, 0.1) is 0 Å². The molecule has 1 N–H and O–H groups in total. The molecular weight excluding hydrogens is 582 g/mol. The van der Waals surface area contributed by atoms with Crippen LogP contribution in [0.25, 0.3) is 33.4 Å². The molecule has 3 aromatic carbocycles. The molecule has 1 aliphatic carbocycles. The first-order valence-electron chi connectivity index (χ1n) is 15.3. The van der Waals surface area contributed by atoms with Crippen molar-refractivity contribution in [2.45, 2.75) is 13.3 Å². The third-order valence-corrected chi connectivity index (χ3v) is 7.90. The number of anilines is 2. The van der Waals surface area contributed by atoms with Crippen LogP contribution in [0.2, 0.25) is 0 Å². The Labute approximate surface area is 269 Å². The highest BCUT2D eigenvalue weighted by Gasteiger charge is 2.20.